The van der Waals surface area contributed by atoms with E-state index in [4.69, 9.17) is 10.7 Å². The zero-order valence-corrected chi connectivity index (χ0v) is 13.5. The Morgan fingerprint density at radius 2 is 2.10 bits per heavy atom. The first kappa shape index (κ1) is 15.8. The number of hydrogen-bond donors (Lipinski definition) is 1. The highest BCUT2D eigenvalue weighted by Crippen LogP contribution is 2.23. The van der Waals surface area contributed by atoms with Gasteiger partial charge >= 0.3 is 0 Å². The van der Waals surface area contributed by atoms with Gasteiger partial charge in [0.15, 0.2) is 5.82 Å². The molecule has 0 bridgehead atoms. The standard InChI is InChI=1S/C17H28N4/c1-4-6-8-11-20(3)17-15(13-14(18)5-2)21-12-9-7-10-16(21)19-17/h7,9-10,12,14H,4-6,8,11,13,18H2,1-3H3. The zero-order valence-electron chi connectivity index (χ0n) is 13.5. The van der Waals surface area contributed by atoms with E-state index in [1.165, 1.54) is 25.0 Å². The number of pyridine rings is 1. The zero-order chi connectivity index (χ0) is 15.2. The average molecular weight is 288 g/mol. The van der Waals surface area contributed by atoms with Crippen LogP contribution < -0.4 is 10.6 Å². The predicted molar refractivity (Wildman–Crippen MR) is 90.0 cm³/mol. The molecule has 1 atom stereocenters. The average Bonchev–Trinajstić information content (AvgIpc) is 2.86. The van der Waals surface area contributed by atoms with Crippen molar-refractivity contribution in [1.82, 2.24) is 9.38 Å². The van der Waals surface area contributed by atoms with Crippen molar-refractivity contribution in [2.24, 2.45) is 5.73 Å². The number of aromatic nitrogens is 2. The van der Waals surface area contributed by atoms with Crippen LogP contribution in [0.25, 0.3) is 5.65 Å². The number of rotatable bonds is 8. The third kappa shape index (κ3) is 3.76. The van der Waals surface area contributed by atoms with Gasteiger partial charge < -0.3 is 15.0 Å². The highest BCUT2D eigenvalue weighted by atomic mass is 15.2. The van der Waals surface area contributed by atoms with Gasteiger partial charge in [-0.15, -0.1) is 0 Å². The number of anilines is 1. The van der Waals surface area contributed by atoms with Crippen LogP contribution in [0.3, 0.4) is 0 Å². The van der Waals surface area contributed by atoms with Gasteiger partial charge in [-0.2, -0.15) is 0 Å². The highest BCUT2D eigenvalue weighted by Gasteiger charge is 2.17. The molecule has 2 aromatic rings. The Balaban J connectivity index is 2.29. The van der Waals surface area contributed by atoms with Crippen LogP contribution in [-0.2, 0) is 6.42 Å². The lowest BCUT2D eigenvalue weighted by molar-refractivity contribution is 0.630. The van der Waals surface area contributed by atoms with Crippen LogP contribution in [0.1, 0.15) is 45.2 Å². The molecular formula is C17H28N4. The van der Waals surface area contributed by atoms with Gasteiger partial charge in [-0.1, -0.05) is 32.8 Å². The number of nitrogens with zero attached hydrogens (tertiary/aromatic N) is 3. The summed E-state index contributed by atoms with van der Waals surface area (Å²) in [5, 5.41) is 0. The summed E-state index contributed by atoms with van der Waals surface area (Å²) in [6, 6.07) is 6.33. The van der Waals surface area contributed by atoms with Gasteiger partial charge in [0.05, 0.1) is 5.69 Å². The van der Waals surface area contributed by atoms with E-state index in [0.717, 1.165) is 30.9 Å². The fourth-order valence-electron chi connectivity index (χ4n) is 2.63. The Hall–Kier alpha value is -1.55. The summed E-state index contributed by atoms with van der Waals surface area (Å²) in [5.41, 5.74) is 8.43. The molecule has 0 aliphatic rings. The van der Waals surface area contributed by atoms with Gasteiger partial charge in [0.1, 0.15) is 5.65 Å². The van der Waals surface area contributed by atoms with E-state index in [0.29, 0.717) is 0 Å². The minimum absolute atomic E-state index is 0.188. The maximum absolute atomic E-state index is 6.19. The molecule has 2 heterocycles. The molecule has 0 aliphatic carbocycles. The quantitative estimate of drug-likeness (QED) is 0.759. The first-order valence-electron chi connectivity index (χ1n) is 8.10. The molecule has 0 radical (unpaired) electrons. The number of hydrogen-bond acceptors (Lipinski definition) is 3. The highest BCUT2D eigenvalue weighted by molar-refractivity contribution is 5.55. The summed E-state index contributed by atoms with van der Waals surface area (Å²) < 4.78 is 2.18. The largest absolute Gasteiger partial charge is 0.358 e. The normalized spacial score (nSPS) is 12.8. The van der Waals surface area contributed by atoms with Crippen molar-refractivity contribution in [3.63, 3.8) is 0 Å². The molecule has 0 spiro atoms. The molecule has 0 saturated heterocycles. The van der Waals surface area contributed by atoms with Gasteiger partial charge in [0.25, 0.3) is 0 Å². The van der Waals surface area contributed by atoms with Gasteiger partial charge in [0.2, 0.25) is 0 Å². The van der Waals surface area contributed by atoms with Gasteiger partial charge in [-0.05, 0) is 25.0 Å². The summed E-state index contributed by atoms with van der Waals surface area (Å²) in [6.07, 6.45) is 7.66. The molecule has 2 N–H and O–H groups in total. The second kappa shape index (κ2) is 7.46. The second-order valence-electron chi connectivity index (χ2n) is 5.81. The topological polar surface area (TPSA) is 46.6 Å². The SMILES string of the molecule is CCCCCN(C)c1nc2ccccn2c1CC(N)CC. The van der Waals surface area contributed by atoms with Crippen LogP contribution in [0, 0.1) is 0 Å². The van der Waals surface area contributed by atoms with Crippen molar-refractivity contribution < 1.29 is 0 Å². The molecule has 0 fully saturated rings. The molecule has 0 amide bonds. The molecule has 2 aromatic heterocycles. The number of fused-ring (bicyclic) bond motifs is 1. The van der Waals surface area contributed by atoms with Crippen LogP contribution in [0.2, 0.25) is 0 Å². The van der Waals surface area contributed by atoms with Crippen molar-refractivity contribution in [1.29, 1.82) is 0 Å². The fraction of sp³-hybridized carbons (Fsp3) is 0.588. The van der Waals surface area contributed by atoms with Crippen LogP contribution in [0.5, 0.6) is 0 Å². The molecular weight excluding hydrogens is 260 g/mol. The summed E-state index contributed by atoms with van der Waals surface area (Å²) >= 11 is 0. The molecule has 0 saturated carbocycles. The first-order valence-corrected chi connectivity index (χ1v) is 8.10. The summed E-state index contributed by atoms with van der Waals surface area (Å²) in [6.45, 7) is 5.42. The monoisotopic (exact) mass is 288 g/mol. The maximum Gasteiger partial charge on any atom is 0.150 e. The Kier molecular flexibility index (Phi) is 5.62. The van der Waals surface area contributed by atoms with E-state index in [1.54, 1.807) is 0 Å². The van der Waals surface area contributed by atoms with Crippen molar-refractivity contribution in [2.75, 3.05) is 18.5 Å². The molecule has 2 rings (SSSR count). The first-order chi connectivity index (χ1) is 10.2. The smallest absolute Gasteiger partial charge is 0.150 e. The Labute approximate surface area is 128 Å². The van der Waals surface area contributed by atoms with Crippen molar-refractivity contribution in [3.05, 3.63) is 30.1 Å². The number of nitrogens with two attached hydrogens (primary N) is 1. The van der Waals surface area contributed by atoms with Crippen molar-refractivity contribution in [2.45, 2.75) is 52.0 Å². The lowest BCUT2D eigenvalue weighted by Gasteiger charge is -2.19. The van der Waals surface area contributed by atoms with E-state index in [-0.39, 0.29) is 6.04 Å². The molecule has 1 unspecified atom stereocenters. The molecule has 0 aliphatic heterocycles. The van der Waals surface area contributed by atoms with E-state index in [2.05, 4.69) is 48.5 Å². The molecule has 4 nitrogen and oxygen atoms in total. The van der Waals surface area contributed by atoms with Crippen LogP contribution in [0.4, 0.5) is 5.82 Å². The summed E-state index contributed by atoms with van der Waals surface area (Å²) in [7, 11) is 2.14. The van der Waals surface area contributed by atoms with Crippen molar-refractivity contribution >= 4 is 11.5 Å². The Morgan fingerprint density at radius 1 is 1.29 bits per heavy atom. The molecule has 4 heteroatoms. The van der Waals surface area contributed by atoms with Gasteiger partial charge in [0, 0.05) is 32.3 Å². The van der Waals surface area contributed by atoms with E-state index >= 15 is 0 Å². The minimum Gasteiger partial charge on any atom is -0.358 e. The summed E-state index contributed by atoms with van der Waals surface area (Å²) in [4.78, 5) is 7.09. The van der Waals surface area contributed by atoms with Crippen LogP contribution in [-0.4, -0.2) is 29.0 Å². The summed E-state index contributed by atoms with van der Waals surface area (Å²) in [5.74, 6) is 1.08. The third-order valence-electron chi connectivity index (χ3n) is 4.05. The van der Waals surface area contributed by atoms with Crippen molar-refractivity contribution in [3.8, 4) is 0 Å². The van der Waals surface area contributed by atoms with Gasteiger partial charge in [-0.3, -0.25) is 0 Å². The van der Waals surface area contributed by atoms with Crippen LogP contribution in [0.15, 0.2) is 24.4 Å². The predicted octanol–water partition coefficient (Wildman–Crippen LogP) is 3.24. The van der Waals surface area contributed by atoms with Crippen LogP contribution >= 0.6 is 0 Å². The van der Waals surface area contributed by atoms with E-state index in [1.807, 2.05) is 6.07 Å². The lowest BCUT2D eigenvalue weighted by atomic mass is 10.1. The number of imidazole rings is 1. The molecule has 116 valence electrons. The number of unbranched alkanes of at least 4 members (excludes halogenated alkanes) is 2. The third-order valence-corrected chi connectivity index (χ3v) is 4.05. The fourth-order valence-corrected chi connectivity index (χ4v) is 2.63. The molecule has 0 aromatic carbocycles. The van der Waals surface area contributed by atoms with E-state index < -0.39 is 0 Å². The Morgan fingerprint density at radius 3 is 2.81 bits per heavy atom. The maximum atomic E-state index is 6.19. The van der Waals surface area contributed by atoms with E-state index in [9.17, 15) is 0 Å². The van der Waals surface area contributed by atoms with Gasteiger partial charge in [-0.25, -0.2) is 4.98 Å². The Bertz CT molecular complexity index is 561. The minimum atomic E-state index is 0.188. The lowest BCUT2D eigenvalue weighted by Crippen LogP contribution is -2.25. The second-order valence-corrected chi connectivity index (χ2v) is 5.81. The molecule has 21 heavy (non-hydrogen) atoms.